The second-order valence-electron chi connectivity index (χ2n) is 7.74. The van der Waals surface area contributed by atoms with Crippen molar-refractivity contribution in [1.82, 2.24) is 4.90 Å². The number of likely N-dealkylation sites (N-methyl/N-ethyl adjacent to an activating group) is 1. The van der Waals surface area contributed by atoms with E-state index in [-0.39, 0.29) is 24.3 Å². The zero-order chi connectivity index (χ0) is 23.2. The summed E-state index contributed by atoms with van der Waals surface area (Å²) in [5, 5.41) is 11.2. The molecule has 2 aromatic rings. The van der Waals surface area contributed by atoms with Gasteiger partial charge in [-0.05, 0) is 31.5 Å². The van der Waals surface area contributed by atoms with E-state index >= 15 is 0 Å². The fraction of sp³-hybridized carbons (Fsp3) is 0.292. The molecule has 0 saturated carbocycles. The van der Waals surface area contributed by atoms with Gasteiger partial charge in [0.1, 0.15) is 11.6 Å². The molecule has 32 heavy (non-hydrogen) atoms. The Labute approximate surface area is 184 Å². The van der Waals surface area contributed by atoms with Crippen molar-refractivity contribution in [2.45, 2.75) is 19.4 Å². The molecular weight excluding hydrogens is 415 g/mol. The van der Waals surface area contributed by atoms with Crippen LogP contribution in [0.15, 0.2) is 48.0 Å². The smallest absolute Gasteiger partial charge is 0.296 e. The molecule has 4 rings (SSSR count). The van der Waals surface area contributed by atoms with Crippen LogP contribution < -0.4 is 4.90 Å². The summed E-state index contributed by atoms with van der Waals surface area (Å²) >= 11 is 0. The molecule has 0 radical (unpaired) electrons. The maximum Gasteiger partial charge on any atom is 0.296 e. The van der Waals surface area contributed by atoms with Crippen LogP contribution in [0.25, 0.3) is 5.76 Å². The average Bonchev–Trinajstić information content (AvgIpc) is 3.16. The van der Waals surface area contributed by atoms with E-state index in [0.29, 0.717) is 23.4 Å². The van der Waals surface area contributed by atoms with Gasteiger partial charge in [-0.3, -0.25) is 14.4 Å². The van der Waals surface area contributed by atoms with Crippen molar-refractivity contribution in [3.8, 4) is 0 Å². The molecular formula is C24H23FN2O5. The molecule has 8 heteroatoms. The maximum absolute atomic E-state index is 14.3. The van der Waals surface area contributed by atoms with Crippen molar-refractivity contribution in [2.24, 2.45) is 0 Å². The number of methoxy groups -OCH3 is 1. The van der Waals surface area contributed by atoms with Crippen LogP contribution >= 0.6 is 0 Å². The molecule has 2 amide bonds. The third-order valence-corrected chi connectivity index (χ3v) is 6.09. The van der Waals surface area contributed by atoms with E-state index in [4.69, 9.17) is 4.74 Å². The molecule has 2 aliphatic heterocycles. The van der Waals surface area contributed by atoms with Crippen molar-refractivity contribution >= 4 is 29.0 Å². The number of Topliss-reactive ketones (excluding diaryl/α,β-unsaturated/α-hetero) is 1. The van der Waals surface area contributed by atoms with Crippen molar-refractivity contribution in [2.75, 3.05) is 31.7 Å². The highest BCUT2D eigenvalue weighted by Crippen LogP contribution is 2.53. The van der Waals surface area contributed by atoms with E-state index in [2.05, 4.69) is 0 Å². The number of likely N-dealkylation sites (tertiary alicyclic amines) is 1. The Kier molecular flexibility index (Phi) is 5.34. The lowest BCUT2D eigenvalue weighted by atomic mass is 9.82. The first-order chi connectivity index (χ1) is 15.3. The zero-order valence-corrected chi connectivity index (χ0v) is 18.0. The zero-order valence-electron chi connectivity index (χ0n) is 18.0. The monoisotopic (exact) mass is 438 g/mol. The molecule has 0 aliphatic carbocycles. The Morgan fingerprint density at radius 3 is 2.53 bits per heavy atom. The van der Waals surface area contributed by atoms with E-state index in [9.17, 15) is 23.9 Å². The molecule has 1 unspecified atom stereocenters. The van der Waals surface area contributed by atoms with E-state index in [1.165, 1.54) is 24.1 Å². The second-order valence-corrected chi connectivity index (χ2v) is 7.74. The first-order valence-corrected chi connectivity index (χ1v) is 10.3. The molecule has 1 atom stereocenters. The number of aliphatic hydroxyl groups excluding tert-OH is 1. The molecule has 1 spiro atoms. The Balaban J connectivity index is 2.07. The summed E-state index contributed by atoms with van der Waals surface area (Å²) in [6.07, 6.45) is 0. The largest absolute Gasteiger partial charge is 0.507 e. The minimum atomic E-state index is -1.86. The van der Waals surface area contributed by atoms with Gasteiger partial charge in [0, 0.05) is 31.3 Å². The van der Waals surface area contributed by atoms with Crippen molar-refractivity contribution in [3.05, 3.63) is 70.5 Å². The lowest BCUT2D eigenvalue weighted by molar-refractivity contribution is -0.144. The summed E-state index contributed by atoms with van der Waals surface area (Å²) in [4.78, 5) is 42.9. The molecule has 1 N–H and O–H groups in total. The Bertz CT molecular complexity index is 1170. The minimum Gasteiger partial charge on any atom is -0.507 e. The predicted molar refractivity (Wildman–Crippen MR) is 115 cm³/mol. The highest BCUT2D eigenvalue weighted by Gasteiger charge is 2.66. The van der Waals surface area contributed by atoms with Crippen LogP contribution in [0.2, 0.25) is 0 Å². The first kappa shape index (κ1) is 21.7. The van der Waals surface area contributed by atoms with Crippen LogP contribution in [0.1, 0.15) is 23.6 Å². The third kappa shape index (κ3) is 2.79. The number of amides is 2. The van der Waals surface area contributed by atoms with Gasteiger partial charge in [0.15, 0.2) is 5.54 Å². The lowest BCUT2D eigenvalue weighted by Gasteiger charge is -2.34. The predicted octanol–water partition coefficient (Wildman–Crippen LogP) is 2.72. The molecule has 166 valence electrons. The van der Waals surface area contributed by atoms with Crippen molar-refractivity contribution in [1.29, 1.82) is 0 Å². The topological polar surface area (TPSA) is 87.2 Å². The number of aryl methyl sites for hydroxylation is 1. The molecule has 2 heterocycles. The lowest BCUT2D eigenvalue weighted by Crippen LogP contribution is -2.52. The number of benzene rings is 2. The van der Waals surface area contributed by atoms with E-state index < -0.39 is 34.7 Å². The fourth-order valence-electron chi connectivity index (χ4n) is 4.55. The Morgan fingerprint density at radius 2 is 1.88 bits per heavy atom. The van der Waals surface area contributed by atoms with Gasteiger partial charge >= 0.3 is 0 Å². The third-order valence-electron chi connectivity index (χ3n) is 6.09. The van der Waals surface area contributed by atoms with Crippen LogP contribution in [0, 0.1) is 12.7 Å². The summed E-state index contributed by atoms with van der Waals surface area (Å²) in [6, 6.07) is 10.8. The molecule has 0 aromatic heterocycles. The van der Waals surface area contributed by atoms with Crippen molar-refractivity contribution < 1.29 is 28.6 Å². The number of rotatable bonds is 5. The van der Waals surface area contributed by atoms with E-state index in [1.807, 2.05) is 0 Å². The molecule has 7 nitrogen and oxygen atoms in total. The molecule has 0 bridgehead atoms. The summed E-state index contributed by atoms with van der Waals surface area (Å²) in [7, 11) is 1.45. The normalized spacial score (nSPS) is 21.7. The molecule has 1 saturated heterocycles. The van der Waals surface area contributed by atoms with Gasteiger partial charge in [0.25, 0.3) is 17.6 Å². The van der Waals surface area contributed by atoms with Crippen LogP contribution in [0.4, 0.5) is 10.1 Å². The molecule has 2 aromatic carbocycles. The number of ketones is 1. The highest BCUT2D eigenvalue weighted by molar-refractivity contribution is 6.50. The van der Waals surface area contributed by atoms with E-state index in [0.717, 1.165) is 11.0 Å². The Hall–Kier alpha value is -3.52. The number of nitrogens with zero attached hydrogens (tertiary/aromatic N) is 2. The van der Waals surface area contributed by atoms with Crippen molar-refractivity contribution in [3.63, 3.8) is 0 Å². The second kappa shape index (κ2) is 7.87. The SMILES string of the molecule is CCN1C(=O)C2(C(=C(O)c3ccc(C)c(F)c3)C(=O)C(=O)N2CCOC)c2ccccc21. The van der Waals surface area contributed by atoms with Gasteiger partial charge in [-0.2, -0.15) is 0 Å². The summed E-state index contributed by atoms with van der Waals surface area (Å²) in [5.74, 6) is -3.61. The van der Waals surface area contributed by atoms with Gasteiger partial charge < -0.3 is 19.6 Å². The van der Waals surface area contributed by atoms with Crippen LogP contribution in [0.5, 0.6) is 0 Å². The molecule has 1 fully saturated rings. The number of anilines is 1. The number of para-hydroxylation sites is 1. The van der Waals surface area contributed by atoms with Gasteiger partial charge in [-0.25, -0.2) is 4.39 Å². The van der Waals surface area contributed by atoms with Crippen LogP contribution in [0.3, 0.4) is 0 Å². The summed E-state index contributed by atoms with van der Waals surface area (Å²) < 4.78 is 19.4. The number of aliphatic hydroxyl groups is 1. The number of halogens is 1. The number of fused-ring (bicyclic) bond motifs is 2. The number of hydrogen-bond donors (Lipinski definition) is 1. The first-order valence-electron chi connectivity index (χ1n) is 10.3. The summed E-state index contributed by atoms with van der Waals surface area (Å²) in [6.45, 7) is 3.68. The highest BCUT2D eigenvalue weighted by atomic mass is 19.1. The number of ether oxygens (including phenoxy) is 1. The quantitative estimate of drug-likeness (QED) is 0.441. The van der Waals surface area contributed by atoms with E-state index in [1.54, 1.807) is 38.1 Å². The fourth-order valence-corrected chi connectivity index (χ4v) is 4.55. The van der Waals surface area contributed by atoms with Gasteiger partial charge in [0.2, 0.25) is 0 Å². The molecule has 2 aliphatic rings. The van der Waals surface area contributed by atoms with Gasteiger partial charge in [-0.1, -0.05) is 30.3 Å². The number of carbonyl (C=O) groups is 3. The maximum atomic E-state index is 14.3. The summed E-state index contributed by atoms with van der Waals surface area (Å²) in [5.41, 5.74) is -0.893. The average molecular weight is 438 g/mol. The standard InChI is InChI=1S/C24H23FN2O5/c1-4-26-18-8-6-5-7-16(18)24(23(26)31)19(21(29)22(30)27(24)11-12-32-3)20(28)15-10-9-14(2)17(25)13-15/h5-10,13,28H,4,11-12H2,1-3H3. The van der Waals surface area contributed by atoms with Crippen LogP contribution in [-0.4, -0.2) is 54.4 Å². The van der Waals surface area contributed by atoms with Crippen LogP contribution in [-0.2, 0) is 24.7 Å². The minimum absolute atomic E-state index is 0.0115. The van der Waals surface area contributed by atoms with Gasteiger partial charge in [-0.15, -0.1) is 0 Å². The number of carbonyl (C=O) groups excluding carboxylic acids is 3. The van der Waals surface area contributed by atoms with Gasteiger partial charge in [0.05, 0.1) is 17.9 Å². The Morgan fingerprint density at radius 1 is 1.16 bits per heavy atom. The number of hydrogen-bond acceptors (Lipinski definition) is 5.